The second-order valence-corrected chi connectivity index (χ2v) is 6.49. The molecule has 1 aliphatic carbocycles. The van der Waals surface area contributed by atoms with Crippen LogP contribution in [-0.4, -0.2) is 19.6 Å². The molecular formula is C19H18ClF2NO3. The number of hydrogen-bond donors (Lipinski definition) is 1. The Labute approximate surface area is 155 Å². The molecule has 1 unspecified atom stereocenters. The molecule has 2 aromatic rings. The number of para-hydroxylation sites is 1. The van der Waals surface area contributed by atoms with E-state index in [1.807, 2.05) is 12.1 Å². The molecule has 4 nitrogen and oxygen atoms in total. The number of alkyl halides is 2. The van der Waals surface area contributed by atoms with Crippen LogP contribution in [0.3, 0.4) is 0 Å². The van der Waals surface area contributed by atoms with Gasteiger partial charge in [-0.3, -0.25) is 4.79 Å². The van der Waals surface area contributed by atoms with Crippen molar-refractivity contribution in [3.8, 4) is 11.5 Å². The number of methoxy groups -OCH3 is 1. The molecule has 26 heavy (non-hydrogen) atoms. The van der Waals surface area contributed by atoms with Crippen LogP contribution < -0.4 is 14.8 Å². The van der Waals surface area contributed by atoms with Gasteiger partial charge < -0.3 is 14.8 Å². The van der Waals surface area contributed by atoms with Gasteiger partial charge in [0, 0.05) is 5.02 Å². The summed E-state index contributed by atoms with van der Waals surface area (Å²) in [6.45, 7) is -3.06. The number of ether oxygens (including phenoxy) is 2. The van der Waals surface area contributed by atoms with Gasteiger partial charge in [0.05, 0.1) is 18.7 Å². The maximum Gasteiger partial charge on any atom is 0.387 e. The Balaban J connectivity index is 1.87. The van der Waals surface area contributed by atoms with Crippen molar-refractivity contribution in [1.29, 1.82) is 0 Å². The fourth-order valence-corrected chi connectivity index (χ4v) is 2.98. The van der Waals surface area contributed by atoms with Gasteiger partial charge in [0.15, 0.2) is 11.5 Å². The monoisotopic (exact) mass is 381 g/mol. The lowest BCUT2D eigenvalue weighted by atomic mass is 10.0. The number of carbonyl (C=O) groups excluding carboxylic acids is 1. The molecule has 1 amide bonds. The fraction of sp³-hybridized carbons (Fsp3) is 0.316. The van der Waals surface area contributed by atoms with Gasteiger partial charge in [-0.15, -0.1) is 0 Å². The number of rotatable bonds is 7. The lowest BCUT2D eigenvalue weighted by Gasteiger charge is -2.20. The second kappa shape index (κ2) is 7.91. The predicted octanol–water partition coefficient (Wildman–Crippen LogP) is 4.83. The Kier molecular flexibility index (Phi) is 5.61. The summed E-state index contributed by atoms with van der Waals surface area (Å²) in [5.41, 5.74) is 0.925. The normalized spacial score (nSPS) is 14.8. The standard InChI is InChI=1S/C19H18ClF2NO3/c1-25-15-4-2-3-14(17(15)26-19(21)22)18(24)23-16(11-5-6-11)12-7-9-13(20)10-8-12/h2-4,7-11,16,19H,5-6H2,1H3,(H,23,24). The van der Waals surface area contributed by atoms with Crippen LogP contribution in [0.4, 0.5) is 8.78 Å². The quantitative estimate of drug-likeness (QED) is 0.747. The maximum atomic E-state index is 12.8. The van der Waals surface area contributed by atoms with E-state index in [-0.39, 0.29) is 23.1 Å². The fourth-order valence-electron chi connectivity index (χ4n) is 2.86. The summed E-state index contributed by atoms with van der Waals surface area (Å²) in [7, 11) is 1.33. The summed E-state index contributed by atoms with van der Waals surface area (Å²) in [5, 5.41) is 3.54. The first-order chi connectivity index (χ1) is 12.5. The van der Waals surface area contributed by atoms with Gasteiger partial charge >= 0.3 is 6.61 Å². The molecule has 1 saturated carbocycles. The molecule has 0 heterocycles. The van der Waals surface area contributed by atoms with Crippen molar-refractivity contribution in [2.75, 3.05) is 7.11 Å². The van der Waals surface area contributed by atoms with Gasteiger partial charge in [-0.2, -0.15) is 8.78 Å². The number of hydrogen-bond acceptors (Lipinski definition) is 3. The van der Waals surface area contributed by atoms with Gasteiger partial charge in [-0.05, 0) is 48.6 Å². The minimum absolute atomic E-state index is 0.00395. The van der Waals surface area contributed by atoms with Crippen LogP contribution in [0.15, 0.2) is 42.5 Å². The molecule has 3 rings (SSSR count). The molecule has 1 N–H and O–H groups in total. The average molecular weight is 382 g/mol. The van der Waals surface area contributed by atoms with E-state index in [0.29, 0.717) is 10.9 Å². The Hall–Kier alpha value is -2.34. The predicted molar refractivity (Wildman–Crippen MR) is 94.0 cm³/mol. The topological polar surface area (TPSA) is 47.6 Å². The first-order valence-electron chi connectivity index (χ1n) is 8.17. The van der Waals surface area contributed by atoms with Crippen molar-refractivity contribution in [1.82, 2.24) is 5.32 Å². The number of benzene rings is 2. The minimum atomic E-state index is -3.06. The molecule has 0 saturated heterocycles. The molecule has 0 spiro atoms. The van der Waals surface area contributed by atoms with Crippen LogP contribution in [0.1, 0.15) is 34.8 Å². The van der Waals surface area contributed by atoms with Gasteiger partial charge in [0.25, 0.3) is 5.91 Å². The van der Waals surface area contributed by atoms with Gasteiger partial charge in [-0.25, -0.2) is 0 Å². The molecule has 1 atom stereocenters. The molecule has 138 valence electrons. The molecule has 7 heteroatoms. The summed E-state index contributed by atoms with van der Waals surface area (Å²) < 4.78 is 35.1. The highest BCUT2D eigenvalue weighted by molar-refractivity contribution is 6.30. The highest BCUT2D eigenvalue weighted by Gasteiger charge is 2.34. The third-order valence-electron chi connectivity index (χ3n) is 4.26. The highest BCUT2D eigenvalue weighted by Crippen LogP contribution is 2.42. The van der Waals surface area contributed by atoms with E-state index in [2.05, 4.69) is 10.1 Å². The number of amides is 1. The van der Waals surface area contributed by atoms with Gasteiger partial charge in [-0.1, -0.05) is 29.8 Å². The van der Waals surface area contributed by atoms with Crippen molar-refractivity contribution in [2.24, 2.45) is 5.92 Å². The van der Waals surface area contributed by atoms with Crippen LogP contribution in [0, 0.1) is 5.92 Å². The summed E-state index contributed by atoms with van der Waals surface area (Å²) in [6.07, 6.45) is 1.98. The van der Waals surface area contributed by atoms with E-state index in [1.54, 1.807) is 18.2 Å². The van der Waals surface area contributed by atoms with E-state index in [0.717, 1.165) is 18.4 Å². The molecule has 0 bridgehead atoms. The summed E-state index contributed by atoms with van der Waals surface area (Å²) >= 11 is 5.93. The zero-order valence-corrected chi connectivity index (χ0v) is 14.8. The third-order valence-corrected chi connectivity index (χ3v) is 4.51. The molecule has 0 aliphatic heterocycles. The van der Waals surface area contributed by atoms with Crippen molar-refractivity contribution in [3.05, 3.63) is 58.6 Å². The number of halogens is 3. The van der Waals surface area contributed by atoms with Crippen molar-refractivity contribution in [2.45, 2.75) is 25.5 Å². The molecule has 2 aromatic carbocycles. The van der Waals surface area contributed by atoms with Crippen molar-refractivity contribution in [3.63, 3.8) is 0 Å². The average Bonchev–Trinajstić information content (AvgIpc) is 3.45. The van der Waals surface area contributed by atoms with Gasteiger partial charge in [0.2, 0.25) is 0 Å². The van der Waals surface area contributed by atoms with Crippen molar-refractivity contribution >= 4 is 17.5 Å². The first kappa shape index (κ1) is 18.5. The third kappa shape index (κ3) is 4.25. The Bertz CT molecular complexity index is 779. The Morgan fingerprint density at radius 3 is 2.46 bits per heavy atom. The number of nitrogens with one attached hydrogen (secondary N) is 1. The van der Waals surface area contributed by atoms with Crippen molar-refractivity contribution < 1.29 is 23.0 Å². The summed E-state index contributed by atoms with van der Waals surface area (Å²) in [6, 6.07) is 11.5. The molecule has 1 fully saturated rings. The SMILES string of the molecule is COc1cccc(C(=O)NC(c2ccc(Cl)cc2)C2CC2)c1OC(F)F. The van der Waals surface area contributed by atoms with Crippen LogP contribution >= 0.6 is 11.6 Å². The van der Waals surface area contributed by atoms with E-state index in [9.17, 15) is 13.6 Å². The van der Waals surface area contributed by atoms with Gasteiger partial charge in [0.1, 0.15) is 0 Å². The molecule has 1 aliphatic rings. The summed E-state index contributed by atoms with van der Waals surface area (Å²) in [4.78, 5) is 12.8. The number of carbonyl (C=O) groups is 1. The van der Waals surface area contributed by atoms with E-state index in [4.69, 9.17) is 16.3 Å². The Morgan fingerprint density at radius 1 is 1.19 bits per heavy atom. The molecule has 0 radical (unpaired) electrons. The van der Waals surface area contributed by atoms with Crippen LogP contribution in [0.2, 0.25) is 5.02 Å². The largest absolute Gasteiger partial charge is 0.493 e. The Morgan fingerprint density at radius 2 is 1.88 bits per heavy atom. The second-order valence-electron chi connectivity index (χ2n) is 6.06. The van der Waals surface area contributed by atoms with E-state index >= 15 is 0 Å². The zero-order chi connectivity index (χ0) is 18.7. The van der Waals surface area contributed by atoms with E-state index in [1.165, 1.54) is 19.2 Å². The molecular weight excluding hydrogens is 364 g/mol. The van der Waals surface area contributed by atoms with Crippen LogP contribution in [-0.2, 0) is 0 Å². The van der Waals surface area contributed by atoms with Crippen LogP contribution in [0.5, 0.6) is 11.5 Å². The lowest BCUT2D eigenvalue weighted by Crippen LogP contribution is -2.30. The van der Waals surface area contributed by atoms with Crippen LogP contribution in [0.25, 0.3) is 0 Å². The zero-order valence-electron chi connectivity index (χ0n) is 14.0. The maximum absolute atomic E-state index is 12.8. The highest BCUT2D eigenvalue weighted by atomic mass is 35.5. The first-order valence-corrected chi connectivity index (χ1v) is 8.55. The minimum Gasteiger partial charge on any atom is -0.493 e. The molecule has 0 aromatic heterocycles. The smallest absolute Gasteiger partial charge is 0.387 e. The lowest BCUT2D eigenvalue weighted by molar-refractivity contribution is -0.0515. The summed E-state index contributed by atoms with van der Waals surface area (Å²) in [5.74, 6) is -0.378. The van der Waals surface area contributed by atoms with E-state index < -0.39 is 12.5 Å².